The first kappa shape index (κ1) is 23.3. The van der Waals surface area contributed by atoms with Gasteiger partial charge in [0.2, 0.25) is 0 Å². The summed E-state index contributed by atoms with van der Waals surface area (Å²) in [6.07, 6.45) is 8.55. The molecule has 1 aliphatic rings. The van der Waals surface area contributed by atoms with E-state index >= 15 is 0 Å². The maximum Gasteiger partial charge on any atom is 0.349 e. The fourth-order valence-corrected chi connectivity index (χ4v) is 4.91. The Bertz CT molecular complexity index is 1520. The van der Waals surface area contributed by atoms with Gasteiger partial charge in [0.25, 0.3) is 0 Å². The minimum Gasteiger partial charge on any atom is -0.450 e. The molecule has 2 N–H and O–H groups in total. The van der Waals surface area contributed by atoms with Crippen molar-refractivity contribution in [2.75, 3.05) is 13.7 Å². The van der Waals surface area contributed by atoms with Crippen molar-refractivity contribution in [3.63, 3.8) is 0 Å². The standard InChI is InChI=1S/C24H26ClN7O3/c1-4-16-7-15(5-6-34-16)32-22-21-18(8-17(25)19(29-21)13(9-26)10-27-2)35-23(22)20(30-24(32)33)14-11-28-31(3)12-14/h8-12,15-16,26-27H,4-7H2,1-3H3/b13-10+,26-9?/t15-,16-/m0/s1. The third-order valence-electron chi connectivity index (χ3n) is 6.33. The van der Waals surface area contributed by atoms with Gasteiger partial charge in [-0.1, -0.05) is 18.5 Å². The van der Waals surface area contributed by atoms with Crippen LogP contribution in [0.15, 0.2) is 33.9 Å². The highest BCUT2D eigenvalue weighted by atomic mass is 35.5. The number of pyridine rings is 1. The first-order valence-corrected chi connectivity index (χ1v) is 11.9. The van der Waals surface area contributed by atoms with Crippen LogP contribution in [-0.4, -0.2) is 50.3 Å². The van der Waals surface area contributed by atoms with E-state index in [0.717, 1.165) is 6.42 Å². The first-order chi connectivity index (χ1) is 16.9. The molecule has 1 fully saturated rings. The number of hydrogen-bond acceptors (Lipinski definition) is 8. The largest absolute Gasteiger partial charge is 0.450 e. The zero-order chi connectivity index (χ0) is 24.7. The van der Waals surface area contributed by atoms with Gasteiger partial charge >= 0.3 is 5.69 Å². The fraction of sp³-hybridized carbons (Fsp3) is 0.375. The number of aromatic nitrogens is 5. The Morgan fingerprint density at radius 3 is 2.91 bits per heavy atom. The van der Waals surface area contributed by atoms with Crippen molar-refractivity contribution in [2.45, 2.75) is 38.3 Å². The lowest BCUT2D eigenvalue weighted by molar-refractivity contribution is -0.00710. The fourth-order valence-electron chi connectivity index (χ4n) is 4.66. The zero-order valence-corrected chi connectivity index (χ0v) is 20.5. The number of hydrogen-bond donors (Lipinski definition) is 2. The van der Waals surface area contributed by atoms with E-state index in [1.807, 2.05) is 0 Å². The topological polar surface area (TPSA) is 124 Å². The summed E-state index contributed by atoms with van der Waals surface area (Å²) in [5, 5.41) is 15.3. The second-order valence-corrected chi connectivity index (χ2v) is 8.98. The minimum absolute atomic E-state index is 0.0629. The number of nitrogens with one attached hydrogen (secondary N) is 2. The van der Waals surface area contributed by atoms with Crippen LogP contribution in [0.4, 0.5) is 0 Å². The van der Waals surface area contributed by atoms with Gasteiger partial charge in [-0.2, -0.15) is 10.1 Å². The zero-order valence-electron chi connectivity index (χ0n) is 19.7. The Morgan fingerprint density at radius 2 is 2.23 bits per heavy atom. The number of aryl methyl sites for hydroxylation is 1. The van der Waals surface area contributed by atoms with Gasteiger partial charge < -0.3 is 19.9 Å². The highest BCUT2D eigenvalue weighted by Crippen LogP contribution is 2.38. The van der Waals surface area contributed by atoms with E-state index < -0.39 is 0 Å². The molecule has 4 aromatic rings. The number of allylic oxidation sites excluding steroid dienone is 1. The van der Waals surface area contributed by atoms with E-state index in [2.05, 4.69) is 22.3 Å². The predicted octanol–water partition coefficient (Wildman–Crippen LogP) is 3.93. The van der Waals surface area contributed by atoms with Crippen LogP contribution in [0.5, 0.6) is 0 Å². The van der Waals surface area contributed by atoms with Gasteiger partial charge in [-0.15, -0.1) is 0 Å². The Kier molecular flexibility index (Phi) is 6.16. The average molecular weight is 496 g/mol. The minimum atomic E-state index is -0.378. The third-order valence-corrected chi connectivity index (χ3v) is 6.62. The van der Waals surface area contributed by atoms with Gasteiger partial charge in [0, 0.05) is 62.6 Å². The number of furan rings is 1. The summed E-state index contributed by atoms with van der Waals surface area (Å²) >= 11 is 6.55. The number of rotatable bonds is 6. The van der Waals surface area contributed by atoms with Crippen molar-refractivity contribution in [3.8, 4) is 11.3 Å². The Labute approximate surface area is 206 Å². The molecule has 0 saturated carbocycles. The van der Waals surface area contributed by atoms with Gasteiger partial charge in [0.15, 0.2) is 11.2 Å². The van der Waals surface area contributed by atoms with Crippen LogP contribution in [0.1, 0.15) is 37.9 Å². The summed E-state index contributed by atoms with van der Waals surface area (Å²) in [5.41, 5.74) is 3.55. The molecule has 10 nitrogen and oxygen atoms in total. The second kappa shape index (κ2) is 9.27. The molecule has 0 aromatic carbocycles. The molecule has 0 spiro atoms. The molecule has 4 aromatic heterocycles. The summed E-state index contributed by atoms with van der Waals surface area (Å²) < 4.78 is 15.5. The molecule has 0 bridgehead atoms. The van der Waals surface area contributed by atoms with E-state index in [9.17, 15) is 4.79 Å². The first-order valence-electron chi connectivity index (χ1n) is 11.5. The molecule has 5 rings (SSSR count). The van der Waals surface area contributed by atoms with Gasteiger partial charge in [-0.05, 0) is 19.3 Å². The predicted molar refractivity (Wildman–Crippen MR) is 135 cm³/mol. The molecular formula is C24H26ClN7O3. The SMILES string of the molecule is CC[C@H]1C[C@@H](n2c(=O)nc(-c3cnn(C)c3)c3oc4cc(Cl)c(/C(C=N)=C/NC)nc4c32)CCO1. The number of ether oxygens (including phenoxy) is 1. The van der Waals surface area contributed by atoms with Crippen molar-refractivity contribution in [1.82, 2.24) is 29.6 Å². The van der Waals surface area contributed by atoms with Crippen molar-refractivity contribution < 1.29 is 9.15 Å². The molecule has 1 saturated heterocycles. The Hall–Kier alpha value is -3.50. The monoisotopic (exact) mass is 495 g/mol. The van der Waals surface area contributed by atoms with Crippen molar-refractivity contribution in [1.29, 1.82) is 5.41 Å². The Morgan fingerprint density at radius 1 is 1.40 bits per heavy atom. The van der Waals surface area contributed by atoms with Gasteiger partial charge in [-0.25, -0.2) is 9.78 Å². The highest BCUT2D eigenvalue weighted by Gasteiger charge is 2.29. The number of nitrogens with zero attached hydrogens (tertiary/aromatic N) is 5. The normalized spacial score (nSPS) is 18.9. The van der Waals surface area contributed by atoms with E-state index in [1.165, 1.54) is 6.21 Å². The summed E-state index contributed by atoms with van der Waals surface area (Å²) in [4.78, 5) is 22.8. The van der Waals surface area contributed by atoms with Crippen molar-refractivity contribution in [2.24, 2.45) is 7.05 Å². The smallest absolute Gasteiger partial charge is 0.349 e. The van der Waals surface area contributed by atoms with Crippen LogP contribution < -0.4 is 11.0 Å². The number of halogens is 1. The van der Waals surface area contributed by atoms with Crippen molar-refractivity contribution >= 4 is 45.6 Å². The quantitative estimate of drug-likeness (QED) is 0.388. The van der Waals surface area contributed by atoms with Crippen LogP contribution in [0.3, 0.4) is 0 Å². The van der Waals surface area contributed by atoms with Gasteiger partial charge in [0.05, 0.1) is 23.0 Å². The van der Waals surface area contributed by atoms with Crippen LogP contribution >= 0.6 is 11.6 Å². The van der Waals surface area contributed by atoms with E-state index in [1.54, 1.807) is 48.0 Å². The molecule has 5 heterocycles. The molecule has 1 aliphatic heterocycles. The molecule has 0 radical (unpaired) electrons. The summed E-state index contributed by atoms with van der Waals surface area (Å²) in [5.74, 6) is 0. The highest BCUT2D eigenvalue weighted by molar-refractivity contribution is 6.34. The summed E-state index contributed by atoms with van der Waals surface area (Å²) in [7, 11) is 3.54. The lowest BCUT2D eigenvalue weighted by Gasteiger charge is -2.30. The molecule has 11 heteroatoms. The number of fused-ring (bicyclic) bond motifs is 3. The molecule has 0 unspecified atom stereocenters. The maximum absolute atomic E-state index is 13.5. The van der Waals surface area contributed by atoms with Crippen LogP contribution in [0.2, 0.25) is 5.02 Å². The third kappa shape index (κ3) is 4.02. The second-order valence-electron chi connectivity index (χ2n) is 8.57. The maximum atomic E-state index is 13.5. The summed E-state index contributed by atoms with van der Waals surface area (Å²) in [6.45, 7) is 2.63. The van der Waals surface area contributed by atoms with Gasteiger partial charge in [0.1, 0.15) is 16.7 Å². The lowest BCUT2D eigenvalue weighted by Crippen LogP contribution is -2.34. The lowest BCUT2D eigenvalue weighted by atomic mass is 10.0. The molecule has 2 atom stereocenters. The molecule has 182 valence electrons. The molecular weight excluding hydrogens is 470 g/mol. The van der Waals surface area contributed by atoms with E-state index in [-0.39, 0.29) is 17.8 Å². The van der Waals surface area contributed by atoms with Crippen LogP contribution in [0, 0.1) is 5.41 Å². The molecule has 0 amide bonds. The molecule has 35 heavy (non-hydrogen) atoms. The average Bonchev–Trinajstić information content (AvgIpc) is 3.45. The summed E-state index contributed by atoms with van der Waals surface area (Å²) in [6, 6.07) is 1.56. The van der Waals surface area contributed by atoms with Crippen LogP contribution in [0.25, 0.3) is 39.0 Å². The van der Waals surface area contributed by atoms with E-state index in [4.69, 9.17) is 31.1 Å². The van der Waals surface area contributed by atoms with Gasteiger partial charge in [-0.3, -0.25) is 9.25 Å². The van der Waals surface area contributed by atoms with Crippen LogP contribution in [-0.2, 0) is 11.8 Å². The molecule has 0 aliphatic carbocycles. The van der Waals surface area contributed by atoms with Crippen molar-refractivity contribution in [3.05, 3.63) is 45.9 Å². The van der Waals surface area contributed by atoms with E-state index in [0.29, 0.717) is 69.2 Å². The Balaban J connectivity index is 1.86.